The minimum Gasteiger partial charge on any atom is -0.456 e. The summed E-state index contributed by atoms with van der Waals surface area (Å²) in [5.74, 6) is -4.72. The molecule has 1 N–H and O–H groups in total. The summed E-state index contributed by atoms with van der Waals surface area (Å²) in [7, 11) is 0. The molecule has 1 unspecified atom stereocenters. The molecule has 0 bridgehead atoms. The highest BCUT2D eigenvalue weighted by molar-refractivity contribution is 6.32. The van der Waals surface area contributed by atoms with E-state index >= 15 is 0 Å². The predicted octanol–water partition coefficient (Wildman–Crippen LogP) is 6.80. The van der Waals surface area contributed by atoms with Gasteiger partial charge in [-0.1, -0.05) is 29.8 Å². The fourth-order valence-electron chi connectivity index (χ4n) is 5.20. The van der Waals surface area contributed by atoms with Gasteiger partial charge >= 0.3 is 12.1 Å². The quantitative estimate of drug-likeness (QED) is 0.230. The first-order valence-electron chi connectivity index (χ1n) is 12.7. The zero-order valence-electron chi connectivity index (χ0n) is 22.0. The fourth-order valence-corrected chi connectivity index (χ4v) is 5.41. The van der Waals surface area contributed by atoms with Crippen molar-refractivity contribution in [3.63, 3.8) is 0 Å². The van der Waals surface area contributed by atoms with Crippen molar-refractivity contribution in [1.82, 2.24) is 9.88 Å². The lowest BCUT2D eigenvalue weighted by molar-refractivity contribution is -0.274. The molecule has 0 saturated heterocycles. The molecule has 0 saturated carbocycles. The SMILES string of the molecule is CC(F)(F)CN1C(=O)C2=C(C(c3cccc4[nH]c(=O)oc34)=NC2)C1c1ccc(Oc2ccc(OC(F)(F)F)cc2Cl)cc1. The van der Waals surface area contributed by atoms with Crippen molar-refractivity contribution < 1.29 is 40.6 Å². The zero-order chi connectivity index (χ0) is 30.7. The average Bonchev–Trinajstić information content (AvgIpc) is 3.58. The third-order valence-corrected chi connectivity index (χ3v) is 7.09. The number of alkyl halides is 5. The lowest BCUT2D eigenvalue weighted by Crippen LogP contribution is -2.40. The minimum atomic E-state index is -4.89. The van der Waals surface area contributed by atoms with Crippen molar-refractivity contribution in [2.45, 2.75) is 25.3 Å². The number of carbonyl (C=O) groups excluding carboxylic acids is 1. The largest absolute Gasteiger partial charge is 0.573 e. The lowest BCUT2D eigenvalue weighted by Gasteiger charge is -2.30. The first kappa shape index (κ1) is 28.5. The highest BCUT2D eigenvalue weighted by atomic mass is 35.5. The van der Waals surface area contributed by atoms with Gasteiger partial charge in [0.25, 0.3) is 11.8 Å². The summed E-state index contributed by atoms with van der Waals surface area (Å²) in [6.45, 7) is -0.179. The molecule has 0 fully saturated rings. The highest BCUT2D eigenvalue weighted by Crippen LogP contribution is 2.45. The van der Waals surface area contributed by atoms with Crippen LogP contribution in [0.25, 0.3) is 11.1 Å². The molecule has 0 radical (unpaired) electrons. The van der Waals surface area contributed by atoms with E-state index < -0.39 is 42.3 Å². The van der Waals surface area contributed by atoms with E-state index in [1.54, 1.807) is 30.3 Å². The van der Waals surface area contributed by atoms with Gasteiger partial charge in [0.2, 0.25) is 0 Å². The van der Waals surface area contributed by atoms with E-state index in [1.807, 2.05) is 0 Å². The maximum absolute atomic E-state index is 14.3. The van der Waals surface area contributed by atoms with Gasteiger partial charge in [0, 0.05) is 29.7 Å². The number of H-pyrrole nitrogens is 1. The highest BCUT2D eigenvalue weighted by Gasteiger charge is 2.47. The summed E-state index contributed by atoms with van der Waals surface area (Å²) < 4.78 is 81.0. The van der Waals surface area contributed by atoms with Crippen molar-refractivity contribution in [2.24, 2.45) is 4.99 Å². The van der Waals surface area contributed by atoms with Crippen molar-refractivity contribution in [1.29, 1.82) is 0 Å². The molecule has 1 amide bonds. The maximum Gasteiger partial charge on any atom is 0.573 e. The number of para-hydroxylation sites is 1. The Morgan fingerprint density at radius 2 is 1.77 bits per heavy atom. The number of hydrogen-bond acceptors (Lipinski definition) is 6. The number of benzene rings is 3. The number of nitrogens with zero attached hydrogens (tertiary/aromatic N) is 2. The van der Waals surface area contributed by atoms with E-state index in [0.29, 0.717) is 27.9 Å². The van der Waals surface area contributed by atoms with E-state index in [1.165, 1.54) is 18.2 Å². The van der Waals surface area contributed by atoms with Gasteiger partial charge < -0.3 is 18.8 Å². The second-order valence-electron chi connectivity index (χ2n) is 9.97. The fraction of sp³-hybridized carbons (Fsp3) is 0.207. The molecule has 4 aromatic rings. The molecule has 6 rings (SSSR count). The van der Waals surface area contributed by atoms with Crippen molar-refractivity contribution in [3.05, 3.63) is 98.5 Å². The standard InChI is InChI=1S/C29H19ClF5N3O5/c1-28(31,32)13-38-24(14-5-7-15(8-6-14)41-21-10-9-16(11-19(21)30)43-29(33,34)35)22-18(26(38)39)12-36-23(22)17-3-2-4-20-25(17)42-27(40)37-20/h2-11,24H,12-13H2,1H3,(H,37,40). The Balaban J connectivity index is 1.34. The number of amides is 1. The summed E-state index contributed by atoms with van der Waals surface area (Å²) >= 11 is 6.08. The lowest BCUT2D eigenvalue weighted by atomic mass is 9.91. The molecular formula is C29H19ClF5N3O5. The Kier molecular flexibility index (Phi) is 6.79. The van der Waals surface area contributed by atoms with Crippen LogP contribution in [0.3, 0.4) is 0 Å². The number of rotatable bonds is 7. The molecule has 8 nitrogen and oxygen atoms in total. The van der Waals surface area contributed by atoms with Gasteiger partial charge in [-0.05, 0) is 42.0 Å². The third-order valence-electron chi connectivity index (χ3n) is 6.79. The summed E-state index contributed by atoms with van der Waals surface area (Å²) in [6.07, 6.45) is -4.89. The first-order valence-corrected chi connectivity index (χ1v) is 13.1. The second-order valence-corrected chi connectivity index (χ2v) is 10.4. The van der Waals surface area contributed by atoms with Crippen molar-refractivity contribution in [2.75, 3.05) is 13.1 Å². The summed E-state index contributed by atoms with van der Waals surface area (Å²) in [6, 6.07) is 13.4. The van der Waals surface area contributed by atoms with E-state index in [-0.39, 0.29) is 34.2 Å². The first-order chi connectivity index (χ1) is 20.3. The average molecular weight is 620 g/mol. The Labute approximate surface area is 244 Å². The van der Waals surface area contributed by atoms with Gasteiger partial charge in [-0.15, -0.1) is 13.2 Å². The molecule has 0 aliphatic carbocycles. The molecule has 14 heteroatoms. The summed E-state index contributed by atoms with van der Waals surface area (Å²) in [5.41, 5.74) is 2.54. The number of nitrogens with one attached hydrogen (secondary N) is 1. The summed E-state index contributed by atoms with van der Waals surface area (Å²) in [4.78, 5) is 33.5. The monoisotopic (exact) mass is 619 g/mol. The van der Waals surface area contributed by atoms with Gasteiger partial charge in [-0.3, -0.25) is 14.8 Å². The van der Waals surface area contributed by atoms with Gasteiger partial charge in [0.1, 0.15) is 17.2 Å². The predicted molar refractivity (Wildman–Crippen MR) is 145 cm³/mol. The third kappa shape index (κ3) is 5.59. The Hall–Kier alpha value is -4.65. The number of ether oxygens (including phenoxy) is 2. The Morgan fingerprint density at radius 1 is 1.05 bits per heavy atom. The number of halogens is 6. The number of aromatic nitrogens is 1. The maximum atomic E-state index is 14.3. The number of aromatic amines is 1. The Morgan fingerprint density at radius 3 is 2.44 bits per heavy atom. The van der Waals surface area contributed by atoms with Crippen LogP contribution in [0.15, 0.2) is 86.0 Å². The number of oxazole rings is 1. The molecule has 2 aliphatic heterocycles. The molecular weight excluding hydrogens is 601 g/mol. The molecule has 1 aromatic heterocycles. The molecule has 0 spiro atoms. The van der Waals surface area contributed by atoms with E-state index in [4.69, 9.17) is 20.8 Å². The molecule has 3 heterocycles. The van der Waals surface area contributed by atoms with Crippen LogP contribution in [0.4, 0.5) is 22.0 Å². The molecule has 3 aromatic carbocycles. The smallest absolute Gasteiger partial charge is 0.456 e. The number of aliphatic imine (C=N–C) groups is 1. The van der Waals surface area contributed by atoms with Crippen LogP contribution < -0.4 is 15.2 Å². The van der Waals surface area contributed by atoms with Gasteiger partial charge in [0.05, 0.1) is 35.4 Å². The number of carbonyl (C=O) groups is 1. The van der Waals surface area contributed by atoms with Gasteiger partial charge in [-0.25, -0.2) is 13.6 Å². The molecule has 222 valence electrons. The zero-order valence-corrected chi connectivity index (χ0v) is 22.7. The van der Waals surface area contributed by atoms with E-state index in [9.17, 15) is 31.5 Å². The van der Waals surface area contributed by atoms with Crippen LogP contribution in [-0.4, -0.2) is 46.9 Å². The Bertz CT molecular complexity index is 1870. The molecule has 1 atom stereocenters. The minimum absolute atomic E-state index is 0.0371. The van der Waals surface area contributed by atoms with Gasteiger partial charge in [-0.2, -0.15) is 0 Å². The molecule has 2 aliphatic rings. The van der Waals surface area contributed by atoms with Gasteiger partial charge in [0.15, 0.2) is 5.58 Å². The normalized spacial score (nSPS) is 17.1. The van der Waals surface area contributed by atoms with E-state index in [2.05, 4.69) is 14.7 Å². The van der Waals surface area contributed by atoms with Crippen LogP contribution in [0.1, 0.15) is 24.1 Å². The van der Waals surface area contributed by atoms with E-state index in [0.717, 1.165) is 24.0 Å². The van der Waals surface area contributed by atoms with Crippen LogP contribution >= 0.6 is 11.6 Å². The van der Waals surface area contributed by atoms with Crippen LogP contribution in [0, 0.1) is 0 Å². The topological polar surface area (TPSA) is 97.1 Å². The summed E-state index contributed by atoms with van der Waals surface area (Å²) in [5, 5.41) is -0.143. The van der Waals surface area contributed by atoms with Crippen molar-refractivity contribution in [3.8, 4) is 17.2 Å². The van der Waals surface area contributed by atoms with Crippen molar-refractivity contribution >= 4 is 34.3 Å². The molecule has 43 heavy (non-hydrogen) atoms. The van der Waals surface area contributed by atoms with Crippen LogP contribution in [0.5, 0.6) is 17.2 Å². The van der Waals surface area contributed by atoms with Crippen LogP contribution in [-0.2, 0) is 4.79 Å². The van der Waals surface area contributed by atoms with Crippen LogP contribution in [0.2, 0.25) is 5.02 Å². The number of hydrogen-bond donors (Lipinski definition) is 1. The second kappa shape index (κ2) is 10.3. The number of fused-ring (bicyclic) bond motifs is 1.